The lowest BCUT2D eigenvalue weighted by molar-refractivity contribution is 0.597. The molecule has 1 heterocycles. The fourth-order valence-electron chi connectivity index (χ4n) is 1.45. The van der Waals surface area contributed by atoms with Crippen LogP contribution in [0.5, 0.6) is 0 Å². The second-order valence-electron chi connectivity index (χ2n) is 3.06. The van der Waals surface area contributed by atoms with Gasteiger partial charge in [0.15, 0.2) is 0 Å². The van der Waals surface area contributed by atoms with E-state index in [1.807, 2.05) is 0 Å². The molecule has 2 rings (SSSR count). The molecule has 5 nitrogen and oxygen atoms in total. The average molecular weight is 211 g/mol. The van der Waals surface area contributed by atoms with Crippen molar-refractivity contribution in [3.05, 3.63) is 23.9 Å². The van der Waals surface area contributed by atoms with Crippen molar-refractivity contribution in [2.75, 3.05) is 0 Å². The fourth-order valence-corrected chi connectivity index (χ4v) is 2.24. The van der Waals surface area contributed by atoms with Gasteiger partial charge in [-0.1, -0.05) is 0 Å². The molecule has 0 aliphatic rings. The minimum Gasteiger partial charge on any atom is -0.278 e. The van der Waals surface area contributed by atoms with E-state index in [4.69, 9.17) is 5.14 Å². The van der Waals surface area contributed by atoms with Gasteiger partial charge in [0.05, 0.1) is 16.6 Å². The first kappa shape index (κ1) is 9.17. The van der Waals surface area contributed by atoms with Crippen LogP contribution >= 0.6 is 0 Å². The Morgan fingerprint density at radius 2 is 2.14 bits per heavy atom. The second-order valence-corrected chi connectivity index (χ2v) is 4.59. The predicted molar refractivity (Wildman–Crippen MR) is 52.2 cm³/mol. The molecule has 0 radical (unpaired) electrons. The number of H-pyrrole nitrogens is 1. The van der Waals surface area contributed by atoms with E-state index in [2.05, 4.69) is 10.2 Å². The number of aromatic nitrogens is 2. The molecule has 0 saturated heterocycles. The van der Waals surface area contributed by atoms with Crippen LogP contribution in [-0.4, -0.2) is 18.6 Å². The lowest BCUT2D eigenvalue weighted by Gasteiger charge is -2.03. The minimum absolute atomic E-state index is 0.145. The Kier molecular flexibility index (Phi) is 1.83. The van der Waals surface area contributed by atoms with E-state index >= 15 is 0 Å². The van der Waals surface area contributed by atoms with Crippen LogP contribution in [0.25, 0.3) is 10.9 Å². The van der Waals surface area contributed by atoms with Crippen LogP contribution in [0.15, 0.2) is 23.2 Å². The van der Waals surface area contributed by atoms with Crippen LogP contribution in [0.4, 0.5) is 0 Å². The maximum Gasteiger partial charge on any atom is 0.238 e. The monoisotopic (exact) mass is 211 g/mol. The summed E-state index contributed by atoms with van der Waals surface area (Å²) in [5.74, 6) is 0. The quantitative estimate of drug-likeness (QED) is 0.720. The summed E-state index contributed by atoms with van der Waals surface area (Å²) in [5, 5.41) is 12.4. The molecule has 0 atom stereocenters. The zero-order valence-corrected chi connectivity index (χ0v) is 8.30. The maximum atomic E-state index is 11.2. The van der Waals surface area contributed by atoms with E-state index in [0.29, 0.717) is 5.56 Å². The lowest BCUT2D eigenvalue weighted by Crippen LogP contribution is -2.13. The molecule has 1 aromatic carbocycles. The van der Waals surface area contributed by atoms with E-state index in [1.165, 1.54) is 6.07 Å². The molecule has 0 spiro atoms. The normalized spacial score (nSPS) is 12.1. The standard InChI is InChI=1S/C8H9N3O2S/c1-5-6-4-10-11-7(6)2-3-8(5)14(9,12)13/h2-4H,1H3,(H,10,11)(H2,9,12,13). The predicted octanol–water partition coefficient (Wildman–Crippen LogP) is 0.519. The third-order valence-corrected chi connectivity index (χ3v) is 3.21. The summed E-state index contributed by atoms with van der Waals surface area (Å²) in [4.78, 5) is 0.145. The van der Waals surface area contributed by atoms with Gasteiger partial charge in [0.25, 0.3) is 0 Å². The Morgan fingerprint density at radius 1 is 1.43 bits per heavy atom. The van der Waals surface area contributed by atoms with Crippen molar-refractivity contribution in [3.63, 3.8) is 0 Å². The van der Waals surface area contributed by atoms with Crippen LogP contribution < -0.4 is 5.14 Å². The molecule has 2 aromatic rings. The first-order valence-corrected chi connectivity index (χ1v) is 5.50. The number of aryl methyl sites for hydroxylation is 1. The Labute approximate surface area is 81.0 Å². The highest BCUT2D eigenvalue weighted by molar-refractivity contribution is 7.89. The zero-order chi connectivity index (χ0) is 10.3. The smallest absolute Gasteiger partial charge is 0.238 e. The molecule has 14 heavy (non-hydrogen) atoms. The average Bonchev–Trinajstić information content (AvgIpc) is 2.50. The van der Waals surface area contributed by atoms with Gasteiger partial charge >= 0.3 is 0 Å². The van der Waals surface area contributed by atoms with Gasteiger partial charge in [-0.05, 0) is 24.6 Å². The molecule has 0 aliphatic heterocycles. The van der Waals surface area contributed by atoms with Crippen molar-refractivity contribution < 1.29 is 8.42 Å². The van der Waals surface area contributed by atoms with Gasteiger partial charge in [-0.15, -0.1) is 0 Å². The number of rotatable bonds is 1. The first-order chi connectivity index (χ1) is 6.50. The molecule has 0 aliphatic carbocycles. The molecule has 0 fully saturated rings. The Morgan fingerprint density at radius 3 is 2.79 bits per heavy atom. The van der Waals surface area contributed by atoms with E-state index < -0.39 is 10.0 Å². The maximum absolute atomic E-state index is 11.2. The largest absolute Gasteiger partial charge is 0.278 e. The number of primary sulfonamides is 1. The molecule has 3 N–H and O–H groups in total. The van der Waals surface area contributed by atoms with Crippen LogP contribution in [0, 0.1) is 6.92 Å². The Hall–Kier alpha value is -1.40. The van der Waals surface area contributed by atoms with Crippen LogP contribution in [0.2, 0.25) is 0 Å². The van der Waals surface area contributed by atoms with Gasteiger partial charge < -0.3 is 0 Å². The molecule has 0 unspecified atom stereocenters. The SMILES string of the molecule is Cc1c(S(N)(=O)=O)ccc2[nH]ncc12. The number of sulfonamides is 1. The molecule has 1 aromatic heterocycles. The molecular formula is C8H9N3O2S. The highest BCUT2D eigenvalue weighted by Gasteiger charge is 2.13. The summed E-state index contributed by atoms with van der Waals surface area (Å²) in [7, 11) is -3.64. The van der Waals surface area contributed by atoms with Crippen LogP contribution in [0.1, 0.15) is 5.56 Å². The molecule has 74 valence electrons. The van der Waals surface area contributed by atoms with Gasteiger partial charge in [-0.2, -0.15) is 5.10 Å². The molecule has 0 saturated carbocycles. The summed E-state index contributed by atoms with van der Waals surface area (Å²) in [6.45, 7) is 1.71. The number of hydrogen-bond acceptors (Lipinski definition) is 3. The molecular weight excluding hydrogens is 202 g/mol. The third-order valence-electron chi connectivity index (χ3n) is 2.15. The van der Waals surface area contributed by atoms with Crippen molar-refractivity contribution in [2.24, 2.45) is 5.14 Å². The minimum atomic E-state index is -3.64. The lowest BCUT2D eigenvalue weighted by atomic mass is 10.1. The van der Waals surface area contributed by atoms with E-state index in [1.54, 1.807) is 19.2 Å². The summed E-state index contributed by atoms with van der Waals surface area (Å²) in [6, 6.07) is 3.13. The van der Waals surface area contributed by atoms with Crippen LogP contribution in [0.3, 0.4) is 0 Å². The first-order valence-electron chi connectivity index (χ1n) is 3.95. The summed E-state index contributed by atoms with van der Waals surface area (Å²) >= 11 is 0. The number of benzene rings is 1. The zero-order valence-electron chi connectivity index (χ0n) is 7.48. The van der Waals surface area contributed by atoms with Gasteiger partial charge in [-0.3, -0.25) is 5.10 Å². The highest BCUT2D eigenvalue weighted by Crippen LogP contribution is 2.22. The van der Waals surface area contributed by atoms with Gasteiger partial charge in [0.2, 0.25) is 10.0 Å². The number of nitrogens with one attached hydrogen (secondary N) is 1. The highest BCUT2D eigenvalue weighted by atomic mass is 32.2. The third kappa shape index (κ3) is 1.28. The van der Waals surface area contributed by atoms with Crippen molar-refractivity contribution in [2.45, 2.75) is 11.8 Å². The number of aromatic amines is 1. The Bertz CT molecular complexity index is 586. The fraction of sp³-hybridized carbons (Fsp3) is 0.125. The molecule has 0 bridgehead atoms. The van der Waals surface area contributed by atoms with Crippen molar-refractivity contribution in [1.82, 2.24) is 10.2 Å². The van der Waals surface area contributed by atoms with Crippen molar-refractivity contribution >= 4 is 20.9 Å². The summed E-state index contributed by atoms with van der Waals surface area (Å²) in [5.41, 5.74) is 1.42. The van der Waals surface area contributed by atoms with Crippen molar-refractivity contribution in [3.8, 4) is 0 Å². The second kappa shape index (κ2) is 2.79. The van der Waals surface area contributed by atoms with Gasteiger partial charge in [0.1, 0.15) is 0 Å². The topological polar surface area (TPSA) is 88.8 Å². The van der Waals surface area contributed by atoms with E-state index in [9.17, 15) is 8.42 Å². The number of nitrogens with zero attached hydrogens (tertiary/aromatic N) is 1. The van der Waals surface area contributed by atoms with E-state index in [-0.39, 0.29) is 4.90 Å². The number of nitrogens with two attached hydrogens (primary N) is 1. The van der Waals surface area contributed by atoms with E-state index in [0.717, 1.165) is 10.9 Å². The van der Waals surface area contributed by atoms with Gasteiger partial charge in [-0.25, -0.2) is 13.6 Å². The molecule has 6 heteroatoms. The summed E-state index contributed by atoms with van der Waals surface area (Å²) in [6.07, 6.45) is 1.58. The molecule has 0 amide bonds. The van der Waals surface area contributed by atoms with Crippen LogP contribution in [-0.2, 0) is 10.0 Å². The number of fused-ring (bicyclic) bond motifs is 1. The van der Waals surface area contributed by atoms with Gasteiger partial charge in [0, 0.05) is 5.39 Å². The summed E-state index contributed by atoms with van der Waals surface area (Å²) < 4.78 is 22.3. The van der Waals surface area contributed by atoms with Crippen molar-refractivity contribution in [1.29, 1.82) is 0 Å². The number of hydrogen-bond donors (Lipinski definition) is 2. The Balaban J connectivity index is 2.88.